The van der Waals surface area contributed by atoms with Crippen molar-refractivity contribution in [3.8, 4) is 11.8 Å². The average Bonchev–Trinajstić information content (AvgIpc) is 2.76. The lowest BCUT2D eigenvalue weighted by Crippen LogP contribution is -1.92. The fraction of sp³-hybridized carbons (Fsp3) is 0. The van der Waals surface area contributed by atoms with Gasteiger partial charge in [-0.05, 0) is 24.3 Å². The van der Waals surface area contributed by atoms with Gasteiger partial charge in [-0.25, -0.2) is 0 Å². The number of rotatable bonds is 2. The van der Waals surface area contributed by atoms with Gasteiger partial charge in [0.25, 0.3) is 0 Å². The highest BCUT2D eigenvalue weighted by Gasteiger charge is 2.12. The van der Waals surface area contributed by atoms with Gasteiger partial charge in [0.05, 0.1) is 10.7 Å². The smallest absolute Gasteiger partial charge is 0.400 e. The van der Waals surface area contributed by atoms with Crippen LogP contribution in [-0.4, -0.2) is 4.98 Å². The van der Waals surface area contributed by atoms with E-state index >= 15 is 0 Å². The number of ether oxygens (including phenoxy) is 1. The summed E-state index contributed by atoms with van der Waals surface area (Å²) in [7, 11) is 0. The van der Waals surface area contributed by atoms with Crippen LogP contribution in [0.4, 0.5) is 5.69 Å². The zero-order valence-electron chi connectivity index (χ0n) is 9.26. The summed E-state index contributed by atoms with van der Waals surface area (Å²) in [4.78, 5) is 4.19. The van der Waals surface area contributed by atoms with Gasteiger partial charge in [-0.1, -0.05) is 29.8 Å². The predicted molar refractivity (Wildman–Crippen MR) is 69.9 cm³/mol. The van der Waals surface area contributed by atoms with Crippen molar-refractivity contribution in [1.29, 1.82) is 0 Å². The minimum atomic E-state index is 0.121. The summed E-state index contributed by atoms with van der Waals surface area (Å²) in [6.07, 6.45) is 0.121. The summed E-state index contributed by atoms with van der Waals surface area (Å²) in [6, 6.07) is 12.5. The van der Waals surface area contributed by atoms with Crippen LogP contribution >= 0.6 is 11.6 Å². The quantitative estimate of drug-likeness (QED) is 0.711. The number of aromatic nitrogens is 1. The van der Waals surface area contributed by atoms with Crippen molar-refractivity contribution in [3.05, 3.63) is 47.5 Å². The summed E-state index contributed by atoms with van der Waals surface area (Å²) in [5.74, 6) is 0.353. The number of hydrogen-bond donors (Lipinski definition) is 1. The fourth-order valence-corrected chi connectivity index (χ4v) is 1.84. The van der Waals surface area contributed by atoms with E-state index in [1.807, 2.05) is 24.3 Å². The minimum absolute atomic E-state index is 0.121. The van der Waals surface area contributed by atoms with E-state index in [-0.39, 0.29) is 6.08 Å². The maximum Gasteiger partial charge on any atom is 0.400 e. The number of para-hydroxylation sites is 3. The second kappa shape index (κ2) is 4.23. The van der Waals surface area contributed by atoms with Gasteiger partial charge < -0.3 is 14.9 Å². The molecular formula is C13H9ClN2O2. The largest absolute Gasteiger partial charge is 0.409 e. The average molecular weight is 261 g/mol. The number of nitrogens with two attached hydrogens (primary N) is 1. The van der Waals surface area contributed by atoms with E-state index < -0.39 is 0 Å². The molecule has 0 radical (unpaired) electrons. The molecule has 0 fully saturated rings. The molecule has 18 heavy (non-hydrogen) atoms. The Balaban J connectivity index is 2.01. The van der Waals surface area contributed by atoms with Gasteiger partial charge in [0.2, 0.25) is 0 Å². The molecule has 0 atom stereocenters. The summed E-state index contributed by atoms with van der Waals surface area (Å²) in [6.45, 7) is 0. The number of nitrogens with zero attached hydrogens (tertiary/aromatic N) is 1. The second-order valence-electron chi connectivity index (χ2n) is 3.71. The number of fused-ring (bicyclic) bond motifs is 1. The topological polar surface area (TPSA) is 61.3 Å². The van der Waals surface area contributed by atoms with Gasteiger partial charge >= 0.3 is 6.08 Å². The third-order valence-electron chi connectivity index (χ3n) is 2.46. The highest BCUT2D eigenvalue weighted by atomic mass is 35.5. The van der Waals surface area contributed by atoms with Crippen LogP contribution in [-0.2, 0) is 0 Å². The molecule has 2 aromatic carbocycles. The van der Waals surface area contributed by atoms with Crippen molar-refractivity contribution in [3.63, 3.8) is 0 Å². The van der Waals surface area contributed by atoms with E-state index in [1.165, 1.54) is 0 Å². The lowest BCUT2D eigenvalue weighted by atomic mass is 10.3. The molecule has 0 aliphatic rings. The zero-order chi connectivity index (χ0) is 12.5. The molecule has 1 aromatic heterocycles. The Morgan fingerprint density at radius 2 is 1.94 bits per heavy atom. The van der Waals surface area contributed by atoms with Crippen molar-refractivity contribution in [2.45, 2.75) is 0 Å². The van der Waals surface area contributed by atoms with Gasteiger partial charge in [-0.2, -0.15) is 4.98 Å². The van der Waals surface area contributed by atoms with Gasteiger partial charge in [0.15, 0.2) is 11.3 Å². The SMILES string of the molecule is Nc1cccc(Cl)c1Oc1nc2ccccc2o1. The normalized spacial score (nSPS) is 10.7. The van der Waals surface area contributed by atoms with Crippen LogP contribution in [0.2, 0.25) is 5.02 Å². The zero-order valence-corrected chi connectivity index (χ0v) is 10.0. The minimum Gasteiger partial charge on any atom is -0.409 e. The summed E-state index contributed by atoms with van der Waals surface area (Å²) < 4.78 is 10.9. The third-order valence-corrected chi connectivity index (χ3v) is 2.76. The molecule has 2 N–H and O–H groups in total. The van der Waals surface area contributed by atoms with Crippen LogP contribution in [0.5, 0.6) is 11.8 Å². The Morgan fingerprint density at radius 1 is 1.11 bits per heavy atom. The number of nitrogen functional groups attached to an aromatic ring is 1. The maximum absolute atomic E-state index is 6.00. The third kappa shape index (κ3) is 1.87. The standard InChI is InChI=1S/C13H9ClN2O2/c14-8-4-3-5-9(15)12(8)18-13-16-10-6-1-2-7-11(10)17-13/h1-7H,15H2. The molecule has 0 spiro atoms. The van der Waals surface area contributed by atoms with E-state index in [4.69, 9.17) is 26.5 Å². The molecule has 0 aliphatic carbocycles. The number of benzene rings is 2. The van der Waals surface area contributed by atoms with Crippen molar-refractivity contribution < 1.29 is 9.15 Å². The first-order valence-corrected chi connectivity index (χ1v) is 5.69. The first kappa shape index (κ1) is 10.9. The molecule has 3 aromatic rings. The van der Waals surface area contributed by atoms with E-state index in [0.29, 0.717) is 22.0 Å². The van der Waals surface area contributed by atoms with E-state index in [1.54, 1.807) is 18.2 Å². The number of anilines is 1. The highest BCUT2D eigenvalue weighted by molar-refractivity contribution is 6.32. The first-order chi connectivity index (χ1) is 8.74. The predicted octanol–water partition coefficient (Wildman–Crippen LogP) is 3.86. The second-order valence-corrected chi connectivity index (χ2v) is 4.11. The highest BCUT2D eigenvalue weighted by Crippen LogP contribution is 2.35. The molecule has 0 aliphatic heterocycles. The summed E-state index contributed by atoms with van der Waals surface area (Å²) >= 11 is 6.00. The van der Waals surface area contributed by atoms with E-state index in [9.17, 15) is 0 Å². The summed E-state index contributed by atoms with van der Waals surface area (Å²) in [5.41, 5.74) is 7.59. The van der Waals surface area contributed by atoms with Crippen molar-refractivity contribution >= 4 is 28.4 Å². The molecule has 0 saturated carbocycles. The van der Waals surface area contributed by atoms with Gasteiger partial charge in [-0.15, -0.1) is 0 Å². The molecular weight excluding hydrogens is 252 g/mol. The molecule has 0 saturated heterocycles. The molecule has 0 unspecified atom stereocenters. The monoisotopic (exact) mass is 260 g/mol. The number of oxazole rings is 1. The maximum atomic E-state index is 6.00. The van der Waals surface area contributed by atoms with Gasteiger partial charge in [0, 0.05) is 0 Å². The molecule has 5 heteroatoms. The lowest BCUT2D eigenvalue weighted by molar-refractivity contribution is 0.344. The van der Waals surface area contributed by atoms with Crippen LogP contribution < -0.4 is 10.5 Å². The Morgan fingerprint density at radius 3 is 2.72 bits per heavy atom. The first-order valence-electron chi connectivity index (χ1n) is 5.31. The van der Waals surface area contributed by atoms with Crippen molar-refractivity contribution in [1.82, 2.24) is 4.98 Å². The summed E-state index contributed by atoms with van der Waals surface area (Å²) in [5, 5.41) is 0.414. The van der Waals surface area contributed by atoms with Crippen LogP contribution in [0.15, 0.2) is 46.9 Å². The van der Waals surface area contributed by atoms with E-state index in [2.05, 4.69) is 4.98 Å². The molecule has 0 bridgehead atoms. The van der Waals surface area contributed by atoms with Crippen molar-refractivity contribution in [2.75, 3.05) is 5.73 Å². The van der Waals surface area contributed by atoms with Crippen LogP contribution in [0.1, 0.15) is 0 Å². The fourth-order valence-electron chi connectivity index (χ4n) is 1.62. The van der Waals surface area contributed by atoms with E-state index in [0.717, 1.165) is 5.52 Å². The lowest BCUT2D eigenvalue weighted by Gasteiger charge is -2.05. The Hall–Kier alpha value is -2.20. The molecule has 0 amide bonds. The Labute approximate surface area is 108 Å². The molecule has 3 rings (SSSR count). The Bertz CT molecular complexity index is 656. The number of halogens is 1. The van der Waals surface area contributed by atoms with Gasteiger partial charge in [-0.3, -0.25) is 0 Å². The van der Waals surface area contributed by atoms with Crippen molar-refractivity contribution in [2.24, 2.45) is 0 Å². The molecule has 90 valence electrons. The Kier molecular flexibility index (Phi) is 2.57. The number of hydrogen-bond acceptors (Lipinski definition) is 4. The van der Waals surface area contributed by atoms with Crippen LogP contribution in [0.25, 0.3) is 11.1 Å². The molecule has 1 heterocycles. The van der Waals surface area contributed by atoms with Gasteiger partial charge in [0.1, 0.15) is 5.52 Å². The van der Waals surface area contributed by atoms with Crippen LogP contribution in [0, 0.1) is 0 Å². The van der Waals surface area contributed by atoms with Crippen LogP contribution in [0.3, 0.4) is 0 Å². The molecule has 4 nitrogen and oxygen atoms in total.